The molecule has 3 nitrogen and oxygen atoms in total. The summed E-state index contributed by atoms with van der Waals surface area (Å²) in [5.41, 5.74) is 6.13. The summed E-state index contributed by atoms with van der Waals surface area (Å²) in [5.74, 6) is 0.0989. The van der Waals surface area contributed by atoms with E-state index >= 15 is 0 Å². The van der Waals surface area contributed by atoms with Gasteiger partial charge >= 0.3 is 0 Å². The molecule has 100 valence electrons. The fourth-order valence-corrected chi connectivity index (χ4v) is 1.60. The van der Waals surface area contributed by atoms with E-state index in [1.54, 1.807) is 18.2 Å². The predicted octanol–water partition coefficient (Wildman–Crippen LogP) is 1.86. The zero-order chi connectivity index (χ0) is 13.4. The Labute approximate surface area is 108 Å². The SMILES string of the molecule is CC(CN)CNC(=O)CCCc1ccccc1F. The van der Waals surface area contributed by atoms with E-state index in [4.69, 9.17) is 5.73 Å². The highest BCUT2D eigenvalue weighted by molar-refractivity contribution is 5.75. The van der Waals surface area contributed by atoms with Gasteiger partial charge in [-0.2, -0.15) is 0 Å². The van der Waals surface area contributed by atoms with Crippen molar-refractivity contribution in [3.05, 3.63) is 35.6 Å². The number of carbonyl (C=O) groups is 1. The van der Waals surface area contributed by atoms with Gasteiger partial charge in [0, 0.05) is 13.0 Å². The third-order valence-corrected chi connectivity index (χ3v) is 2.86. The molecule has 0 aromatic heterocycles. The Kier molecular flexibility index (Phi) is 6.36. The van der Waals surface area contributed by atoms with Crippen molar-refractivity contribution in [1.82, 2.24) is 5.32 Å². The van der Waals surface area contributed by atoms with Gasteiger partial charge in [-0.05, 0) is 36.9 Å². The van der Waals surface area contributed by atoms with Gasteiger partial charge < -0.3 is 11.1 Å². The molecule has 0 bridgehead atoms. The number of aryl methyl sites for hydroxylation is 1. The van der Waals surface area contributed by atoms with Crippen LogP contribution in [0, 0.1) is 11.7 Å². The molecule has 1 unspecified atom stereocenters. The molecule has 0 heterocycles. The van der Waals surface area contributed by atoms with Crippen molar-refractivity contribution in [1.29, 1.82) is 0 Å². The second-order valence-corrected chi connectivity index (χ2v) is 4.59. The van der Waals surface area contributed by atoms with Crippen molar-refractivity contribution in [2.45, 2.75) is 26.2 Å². The number of nitrogens with two attached hydrogens (primary N) is 1. The van der Waals surface area contributed by atoms with Crippen LogP contribution in [0.3, 0.4) is 0 Å². The summed E-state index contributed by atoms with van der Waals surface area (Å²) in [5, 5.41) is 2.82. The zero-order valence-electron chi connectivity index (χ0n) is 10.8. The number of nitrogens with one attached hydrogen (secondary N) is 1. The van der Waals surface area contributed by atoms with Crippen LogP contribution in [-0.4, -0.2) is 19.0 Å². The molecule has 1 rings (SSSR count). The first kappa shape index (κ1) is 14.6. The molecule has 0 aliphatic carbocycles. The van der Waals surface area contributed by atoms with Gasteiger partial charge in [-0.1, -0.05) is 25.1 Å². The van der Waals surface area contributed by atoms with Crippen LogP contribution >= 0.6 is 0 Å². The molecule has 1 atom stereocenters. The van der Waals surface area contributed by atoms with Gasteiger partial charge in [0.2, 0.25) is 5.91 Å². The number of amides is 1. The van der Waals surface area contributed by atoms with Gasteiger partial charge in [0.1, 0.15) is 5.82 Å². The molecule has 1 aromatic carbocycles. The van der Waals surface area contributed by atoms with E-state index in [-0.39, 0.29) is 11.7 Å². The van der Waals surface area contributed by atoms with E-state index in [9.17, 15) is 9.18 Å². The molecule has 3 N–H and O–H groups in total. The summed E-state index contributed by atoms with van der Waals surface area (Å²) < 4.78 is 13.3. The van der Waals surface area contributed by atoms with E-state index in [2.05, 4.69) is 5.32 Å². The van der Waals surface area contributed by atoms with Crippen molar-refractivity contribution in [3.8, 4) is 0 Å². The molecular formula is C14H21FN2O. The minimum absolute atomic E-state index is 0.00615. The van der Waals surface area contributed by atoms with E-state index < -0.39 is 0 Å². The Balaban J connectivity index is 2.22. The summed E-state index contributed by atoms with van der Waals surface area (Å²) in [6, 6.07) is 6.67. The highest BCUT2D eigenvalue weighted by Crippen LogP contribution is 2.09. The molecule has 0 aliphatic rings. The van der Waals surface area contributed by atoms with Gasteiger partial charge in [-0.15, -0.1) is 0 Å². The standard InChI is InChI=1S/C14H21FN2O/c1-11(9-16)10-17-14(18)8-4-6-12-5-2-3-7-13(12)15/h2-3,5,7,11H,4,6,8-10,16H2,1H3,(H,17,18). The normalized spacial score (nSPS) is 12.2. The highest BCUT2D eigenvalue weighted by atomic mass is 19.1. The van der Waals surface area contributed by atoms with Crippen molar-refractivity contribution in [2.24, 2.45) is 11.7 Å². The minimum atomic E-state index is -0.199. The Hall–Kier alpha value is -1.42. The van der Waals surface area contributed by atoms with Crippen molar-refractivity contribution in [2.75, 3.05) is 13.1 Å². The maximum absolute atomic E-state index is 13.3. The van der Waals surface area contributed by atoms with Crippen LogP contribution in [0.25, 0.3) is 0 Å². The van der Waals surface area contributed by atoms with E-state index in [0.29, 0.717) is 43.8 Å². The molecule has 0 spiro atoms. The maximum Gasteiger partial charge on any atom is 0.220 e. The summed E-state index contributed by atoms with van der Waals surface area (Å²) >= 11 is 0. The van der Waals surface area contributed by atoms with Crippen LogP contribution in [0.4, 0.5) is 4.39 Å². The second-order valence-electron chi connectivity index (χ2n) is 4.59. The molecule has 0 radical (unpaired) electrons. The third-order valence-electron chi connectivity index (χ3n) is 2.86. The lowest BCUT2D eigenvalue weighted by Gasteiger charge is -2.10. The average molecular weight is 252 g/mol. The largest absolute Gasteiger partial charge is 0.356 e. The number of carbonyl (C=O) groups excluding carboxylic acids is 1. The zero-order valence-corrected chi connectivity index (χ0v) is 10.8. The number of halogens is 1. The van der Waals surface area contributed by atoms with Gasteiger partial charge in [-0.3, -0.25) is 4.79 Å². The molecule has 1 amide bonds. The highest BCUT2D eigenvalue weighted by Gasteiger charge is 2.05. The van der Waals surface area contributed by atoms with E-state index in [1.165, 1.54) is 6.07 Å². The van der Waals surface area contributed by atoms with Crippen LogP contribution in [0.1, 0.15) is 25.3 Å². The quantitative estimate of drug-likeness (QED) is 0.778. The van der Waals surface area contributed by atoms with Crippen LogP contribution < -0.4 is 11.1 Å². The lowest BCUT2D eigenvalue weighted by Crippen LogP contribution is -2.31. The van der Waals surface area contributed by atoms with Crippen molar-refractivity contribution >= 4 is 5.91 Å². The molecule has 0 aliphatic heterocycles. The maximum atomic E-state index is 13.3. The number of hydrogen-bond donors (Lipinski definition) is 2. The molecular weight excluding hydrogens is 231 g/mol. The summed E-state index contributed by atoms with van der Waals surface area (Å²) in [7, 11) is 0. The first-order valence-corrected chi connectivity index (χ1v) is 6.33. The molecule has 0 saturated carbocycles. The van der Waals surface area contributed by atoms with Crippen molar-refractivity contribution in [3.63, 3.8) is 0 Å². The lowest BCUT2D eigenvalue weighted by atomic mass is 10.1. The van der Waals surface area contributed by atoms with Gasteiger partial charge in [0.25, 0.3) is 0 Å². The monoisotopic (exact) mass is 252 g/mol. The Morgan fingerprint density at radius 3 is 2.83 bits per heavy atom. The van der Waals surface area contributed by atoms with E-state index in [0.717, 1.165) is 0 Å². The summed E-state index contributed by atoms with van der Waals surface area (Å²) in [4.78, 5) is 11.5. The number of rotatable bonds is 7. The van der Waals surface area contributed by atoms with E-state index in [1.807, 2.05) is 6.92 Å². The molecule has 1 aromatic rings. The van der Waals surface area contributed by atoms with Crippen LogP contribution in [0.5, 0.6) is 0 Å². The molecule has 4 heteroatoms. The van der Waals surface area contributed by atoms with Gasteiger partial charge in [0.15, 0.2) is 0 Å². The smallest absolute Gasteiger partial charge is 0.220 e. The van der Waals surface area contributed by atoms with Crippen molar-refractivity contribution < 1.29 is 9.18 Å². The first-order valence-electron chi connectivity index (χ1n) is 6.33. The Morgan fingerprint density at radius 2 is 2.17 bits per heavy atom. The Bertz CT molecular complexity index is 382. The first-order chi connectivity index (χ1) is 8.63. The third kappa shape index (κ3) is 5.27. The summed E-state index contributed by atoms with van der Waals surface area (Å²) in [6.07, 6.45) is 1.67. The molecule has 0 saturated heterocycles. The topological polar surface area (TPSA) is 55.1 Å². The fraction of sp³-hybridized carbons (Fsp3) is 0.500. The lowest BCUT2D eigenvalue weighted by molar-refractivity contribution is -0.121. The average Bonchev–Trinajstić information content (AvgIpc) is 2.38. The fourth-order valence-electron chi connectivity index (χ4n) is 1.60. The number of hydrogen-bond acceptors (Lipinski definition) is 2. The number of benzene rings is 1. The van der Waals surface area contributed by atoms with Crippen LogP contribution in [-0.2, 0) is 11.2 Å². The Morgan fingerprint density at radius 1 is 1.44 bits per heavy atom. The van der Waals surface area contributed by atoms with Gasteiger partial charge in [0.05, 0.1) is 0 Å². The predicted molar refractivity (Wildman–Crippen MR) is 70.6 cm³/mol. The van der Waals surface area contributed by atoms with Crippen LogP contribution in [0.2, 0.25) is 0 Å². The minimum Gasteiger partial charge on any atom is -0.356 e. The van der Waals surface area contributed by atoms with Crippen LogP contribution in [0.15, 0.2) is 24.3 Å². The molecule has 0 fully saturated rings. The summed E-state index contributed by atoms with van der Waals surface area (Å²) in [6.45, 7) is 3.16. The second kappa shape index (κ2) is 7.82. The van der Waals surface area contributed by atoms with Gasteiger partial charge in [-0.25, -0.2) is 4.39 Å². The molecule has 18 heavy (non-hydrogen) atoms.